The zero-order valence-electron chi connectivity index (χ0n) is 18.8. The predicted octanol–water partition coefficient (Wildman–Crippen LogP) is 4.76. The summed E-state index contributed by atoms with van der Waals surface area (Å²) in [5.41, 5.74) is 4.35. The van der Waals surface area contributed by atoms with Gasteiger partial charge < -0.3 is 18.9 Å². The molecule has 4 rings (SSSR count). The van der Waals surface area contributed by atoms with Crippen molar-refractivity contribution in [2.75, 3.05) is 13.7 Å². The molecule has 166 valence electrons. The van der Waals surface area contributed by atoms with E-state index in [1.807, 2.05) is 51.1 Å². The number of nitrogens with one attached hydrogen (secondary N) is 1. The van der Waals surface area contributed by atoms with E-state index in [0.717, 1.165) is 39.0 Å². The highest BCUT2D eigenvalue weighted by molar-refractivity contribution is 5.96. The first-order valence-electron chi connectivity index (χ1n) is 10.7. The Kier molecular flexibility index (Phi) is 6.04. The molecule has 0 radical (unpaired) electrons. The lowest BCUT2D eigenvalue weighted by molar-refractivity contribution is -0.121. The molecule has 0 fully saturated rings. The largest absolute Gasteiger partial charge is 0.497 e. The second-order valence-electron chi connectivity index (χ2n) is 8.07. The van der Waals surface area contributed by atoms with Crippen LogP contribution in [0.3, 0.4) is 0 Å². The first-order valence-corrected chi connectivity index (χ1v) is 10.7. The van der Waals surface area contributed by atoms with Crippen molar-refractivity contribution in [1.82, 2.24) is 5.32 Å². The quantitative estimate of drug-likeness (QED) is 0.425. The molecule has 1 amide bonds. The Hall–Kier alpha value is -3.54. The van der Waals surface area contributed by atoms with Crippen LogP contribution in [0, 0.1) is 20.8 Å². The lowest BCUT2D eigenvalue weighted by atomic mass is 10.0. The Balaban J connectivity index is 1.45. The van der Waals surface area contributed by atoms with Crippen molar-refractivity contribution >= 4 is 27.8 Å². The van der Waals surface area contributed by atoms with Gasteiger partial charge in [0.05, 0.1) is 7.11 Å². The van der Waals surface area contributed by atoms with Gasteiger partial charge in [0.15, 0.2) is 0 Å². The summed E-state index contributed by atoms with van der Waals surface area (Å²) in [5, 5.41) is 4.80. The Morgan fingerprint density at radius 3 is 2.50 bits per heavy atom. The van der Waals surface area contributed by atoms with E-state index in [2.05, 4.69) is 5.32 Å². The van der Waals surface area contributed by atoms with Crippen molar-refractivity contribution < 1.29 is 18.4 Å². The van der Waals surface area contributed by atoms with Crippen LogP contribution in [0.15, 0.2) is 50.0 Å². The molecule has 0 aliphatic heterocycles. The third kappa shape index (κ3) is 4.26. The number of methoxy groups -OCH3 is 1. The molecule has 2 heterocycles. The van der Waals surface area contributed by atoms with Gasteiger partial charge in [0.2, 0.25) is 5.91 Å². The van der Waals surface area contributed by atoms with E-state index in [0.29, 0.717) is 36.1 Å². The fourth-order valence-corrected chi connectivity index (χ4v) is 4.02. The number of aryl methyl sites for hydroxylation is 3. The van der Waals surface area contributed by atoms with Crippen LogP contribution < -0.4 is 15.7 Å². The summed E-state index contributed by atoms with van der Waals surface area (Å²) in [6.07, 6.45) is 1.26. The maximum Gasteiger partial charge on any atom is 0.339 e. The summed E-state index contributed by atoms with van der Waals surface area (Å²) in [6, 6.07) is 11.5. The summed E-state index contributed by atoms with van der Waals surface area (Å²) in [5.74, 6) is 1.55. The maximum atomic E-state index is 12.6. The molecule has 0 aliphatic carbocycles. The van der Waals surface area contributed by atoms with E-state index >= 15 is 0 Å². The summed E-state index contributed by atoms with van der Waals surface area (Å²) in [7, 11) is 1.63. The number of fused-ring (bicyclic) bond motifs is 2. The molecule has 4 aromatic rings. The van der Waals surface area contributed by atoms with Gasteiger partial charge in [0.1, 0.15) is 22.7 Å². The molecule has 2 aromatic carbocycles. The van der Waals surface area contributed by atoms with Gasteiger partial charge in [-0.05, 0) is 68.5 Å². The van der Waals surface area contributed by atoms with Gasteiger partial charge in [-0.1, -0.05) is 12.1 Å². The standard InChI is InChI=1S/C26H27NO5/c1-15-17(3)31-23-14-24-22(13-21(15)23)16(2)20(26(29)32-24)8-9-25(28)27-11-10-18-6-5-7-19(12-18)30-4/h5-7,12-14H,8-11H2,1-4H3,(H,27,28). The van der Waals surface area contributed by atoms with E-state index in [4.69, 9.17) is 13.6 Å². The van der Waals surface area contributed by atoms with E-state index in [-0.39, 0.29) is 12.3 Å². The van der Waals surface area contributed by atoms with Gasteiger partial charge in [-0.2, -0.15) is 0 Å². The van der Waals surface area contributed by atoms with Crippen molar-refractivity contribution in [1.29, 1.82) is 0 Å². The SMILES string of the molecule is COc1cccc(CCNC(=O)CCc2c(C)c3cc4c(C)c(C)oc4cc3oc2=O)c1. The summed E-state index contributed by atoms with van der Waals surface area (Å²) < 4.78 is 16.5. The minimum atomic E-state index is -0.404. The maximum absolute atomic E-state index is 12.6. The minimum absolute atomic E-state index is 0.0939. The molecular formula is C26H27NO5. The van der Waals surface area contributed by atoms with Crippen molar-refractivity contribution in [3.63, 3.8) is 0 Å². The second kappa shape index (κ2) is 8.91. The molecule has 2 aromatic heterocycles. The lowest BCUT2D eigenvalue weighted by Gasteiger charge is -2.09. The van der Waals surface area contributed by atoms with Gasteiger partial charge in [-0.25, -0.2) is 4.79 Å². The molecule has 0 atom stereocenters. The number of furan rings is 1. The summed E-state index contributed by atoms with van der Waals surface area (Å²) in [6.45, 7) is 6.36. The van der Waals surface area contributed by atoms with Crippen LogP contribution in [0.2, 0.25) is 0 Å². The van der Waals surface area contributed by atoms with Crippen molar-refractivity contribution in [2.24, 2.45) is 0 Å². The number of rotatable bonds is 7. The normalized spacial score (nSPS) is 11.2. The van der Waals surface area contributed by atoms with E-state index < -0.39 is 5.63 Å². The van der Waals surface area contributed by atoms with E-state index in [1.54, 1.807) is 13.2 Å². The van der Waals surface area contributed by atoms with Crippen LogP contribution in [0.4, 0.5) is 0 Å². The van der Waals surface area contributed by atoms with Crippen LogP contribution in [-0.4, -0.2) is 19.6 Å². The highest BCUT2D eigenvalue weighted by atomic mass is 16.5. The number of carbonyl (C=O) groups excluding carboxylic acids is 1. The van der Waals surface area contributed by atoms with Crippen LogP contribution in [0.25, 0.3) is 21.9 Å². The zero-order valence-corrected chi connectivity index (χ0v) is 18.8. The molecule has 0 saturated heterocycles. The van der Waals surface area contributed by atoms with E-state index in [1.165, 1.54) is 0 Å². The minimum Gasteiger partial charge on any atom is -0.497 e. The van der Waals surface area contributed by atoms with Gasteiger partial charge in [0, 0.05) is 35.4 Å². The Morgan fingerprint density at radius 1 is 0.969 bits per heavy atom. The van der Waals surface area contributed by atoms with E-state index in [9.17, 15) is 9.59 Å². The molecule has 6 heteroatoms. The van der Waals surface area contributed by atoms with Gasteiger partial charge in [0.25, 0.3) is 0 Å². The smallest absolute Gasteiger partial charge is 0.339 e. The van der Waals surface area contributed by atoms with Crippen molar-refractivity contribution in [3.05, 3.63) is 74.8 Å². The molecule has 0 aliphatic rings. The molecule has 0 bridgehead atoms. The molecule has 6 nitrogen and oxygen atoms in total. The number of hydrogen-bond donors (Lipinski definition) is 1. The molecular weight excluding hydrogens is 406 g/mol. The first-order chi connectivity index (χ1) is 15.4. The second-order valence-corrected chi connectivity index (χ2v) is 8.07. The monoisotopic (exact) mass is 433 g/mol. The van der Waals surface area contributed by atoms with Crippen LogP contribution in [-0.2, 0) is 17.6 Å². The zero-order chi connectivity index (χ0) is 22.8. The highest BCUT2D eigenvalue weighted by Gasteiger charge is 2.16. The van der Waals surface area contributed by atoms with Crippen molar-refractivity contribution in [3.8, 4) is 5.75 Å². The third-order valence-corrected chi connectivity index (χ3v) is 6.05. The summed E-state index contributed by atoms with van der Waals surface area (Å²) in [4.78, 5) is 25.0. The lowest BCUT2D eigenvalue weighted by Crippen LogP contribution is -2.26. The van der Waals surface area contributed by atoms with Crippen LogP contribution >= 0.6 is 0 Å². The van der Waals surface area contributed by atoms with Gasteiger partial charge in [-0.15, -0.1) is 0 Å². The average molecular weight is 434 g/mol. The van der Waals surface area contributed by atoms with Crippen LogP contribution in [0.5, 0.6) is 5.75 Å². The molecule has 0 unspecified atom stereocenters. The van der Waals surface area contributed by atoms with Gasteiger partial charge >= 0.3 is 5.63 Å². The Morgan fingerprint density at radius 2 is 1.72 bits per heavy atom. The number of ether oxygens (including phenoxy) is 1. The number of amides is 1. The fourth-order valence-electron chi connectivity index (χ4n) is 4.02. The first kappa shape index (κ1) is 21.7. The van der Waals surface area contributed by atoms with Crippen molar-refractivity contribution in [2.45, 2.75) is 40.0 Å². The molecule has 1 N–H and O–H groups in total. The Labute approximate surface area is 186 Å². The average Bonchev–Trinajstić information content (AvgIpc) is 3.05. The summed E-state index contributed by atoms with van der Waals surface area (Å²) >= 11 is 0. The fraction of sp³-hybridized carbons (Fsp3) is 0.308. The molecule has 32 heavy (non-hydrogen) atoms. The van der Waals surface area contributed by atoms with Gasteiger partial charge in [-0.3, -0.25) is 4.79 Å². The molecule has 0 saturated carbocycles. The van der Waals surface area contributed by atoms with Crippen LogP contribution in [0.1, 0.15) is 34.4 Å². The Bertz CT molecular complexity index is 1360. The number of hydrogen-bond acceptors (Lipinski definition) is 5. The highest BCUT2D eigenvalue weighted by Crippen LogP contribution is 2.31. The third-order valence-electron chi connectivity index (χ3n) is 6.05. The topological polar surface area (TPSA) is 81.7 Å². The predicted molar refractivity (Wildman–Crippen MR) is 124 cm³/mol. The number of carbonyl (C=O) groups is 1. The molecule has 0 spiro atoms. The number of benzene rings is 2.